The number of hydrogen-bond acceptors (Lipinski definition) is 5. The van der Waals surface area contributed by atoms with Crippen molar-refractivity contribution in [3.8, 4) is 5.75 Å². The van der Waals surface area contributed by atoms with Crippen molar-refractivity contribution in [2.75, 3.05) is 31.9 Å². The average Bonchev–Trinajstić information content (AvgIpc) is 2.81. The summed E-state index contributed by atoms with van der Waals surface area (Å²) in [5, 5.41) is 0. The van der Waals surface area contributed by atoms with E-state index in [1.807, 2.05) is 43.9 Å². The zero-order valence-electron chi connectivity index (χ0n) is 15.5. The SMILES string of the molecule is COCOc1cccc(N2C3CCC2CN(C(=O)OC(C)(C)C)C3)c1. The van der Waals surface area contributed by atoms with Gasteiger partial charge in [-0.1, -0.05) is 6.07 Å². The second kappa shape index (κ2) is 7.12. The van der Waals surface area contributed by atoms with Gasteiger partial charge < -0.3 is 24.0 Å². The first kappa shape index (κ1) is 17.9. The third-order valence-electron chi connectivity index (χ3n) is 4.59. The highest BCUT2D eigenvalue weighted by atomic mass is 16.7. The number of fused-ring (bicyclic) bond motifs is 2. The van der Waals surface area contributed by atoms with Crippen molar-refractivity contribution in [3.05, 3.63) is 24.3 Å². The molecule has 2 aliphatic rings. The van der Waals surface area contributed by atoms with Crippen molar-refractivity contribution in [2.45, 2.75) is 51.3 Å². The number of benzene rings is 1. The molecule has 2 fully saturated rings. The third kappa shape index (κ3) is 4.18. The number of methoxy groups -OCH3 is 1. The maximum absolute atomic E-state index is 12.4. The number of anilines is 1. The van der Waals surface area contributed by atoms with Crippen LogP contribution in [-0.4, -0.2) is 55.7 Å². The van der Waals surface area contributed by atoms with Crippen LogP contribution in [0.25, 0.3) is 0 Å². The second-order valence-electron chi connectivity index (χ2n) is 7.73. The van der Waals surface area contributed by atoms with E-state index in [1.54, 1.807) is 7.11 Å². The van der Waals surface area contributed by atoms with Crippen molar-refractivity contribution in [3.63, 3.8) is 0 Å². The Morgan fingerprint density at radius 3 is 2.48 bits per heavy atom. The van der Waals surface area contributed by atoms with E-state index in [0.717, 1.165) is 24.3 Å². The number of rotatable bonds is 4. The van der Waals surface area contributed by atoms with Gasteiger partial charge >= 0.3 is 6.09 Å². The van der Waals surface area contributed by atoms with Crippen LogP contribution in [0.1, 0.15) is 33.6 Å². The molecule has 1 aromatic carbocycles. The van der Waals surface area contributed by atoms with Crippen LogP contribution in [0.15, 0.2) is 24.3 Å². The molecule has 2 aliphatic heterocycles. The molecule has 1 aromatic rings. The number of piperazine rings is 1. The summed E-state index contributed by atoms with van der Waals surface area (Å²) in [4.78, 5) is 16.7. The van der Waals surface area contributed by atoms with Gasteiger partial charge in [-0.15, -0.1) is 0 Å². The van der Waals surface area contributed by atoms with Crippen LogP contribution in [-0.2, 0) is 9.47 Å². The maximum Gasteiger partial charge on any atom is 0.410 e. The van der Waals surface area contributed by atoms with E-state index < -0.39 is 5.60 Å². The molecule has 3 rings (SSSR count). The van der Waals surface area contributed by atoms with Crippen LogP contribution in [0.3, 0.4) is 0 Å². The zero-order valence-corrected chi connectivity index (χ0v) is 15.5. The molecule has 0 spiro atoms. The summed E-state index contributed by atoms with van der Waals surface area (Å²) < 4.78 is 16.1. The van der Waals surface area contributed by atoms with Gasteiger partial charge in [-0.05, 0) is 45.7 Å². The first-order chi connectivity index (χ1) is 11.9. The van der Waals surface area contributed by atoms with Gasteiger partial charge in [0.2, 0.25) is 0 Å². The van der Waals surface area contributed by atoms with Crippen LogP contribution >= 0.6 is 0 Å². The number of carbonyl (C=O) groups excluding carboxylic acids is 1. The lowest BCUT2D eigenvalue weighted by Gasteiger charge is -2.42. The first-order valence-corrected chi connectivity index (χ1v) is 8.85. The fraction of sp³-hybridized carbons (Fsp3) is 0.632. The number of ether oxygens (including phenoxy) is 3. The van der Waals surface area contributed by atoms with Gasteiger partial charge in [0.1, 0.15) is 11.4 Å². The van der Waals surface area contributed by atoms with Gasteiger partial charge in [-0.3, -0.25) is 0 Å². The Morgan fingerprint density at radius 2 is 1.88 bits per heavy atom. The van der Waals surface area contributed by atoms with E-state index in [1.165, 1.54) is 0 Å². The molecule has 138 valence electrons. The molecule has 2 atom stereocenters. The lowest BCUT2D eigenvalue weighted by molar-refractivity contribution is 0.0209. The minimum atomic E-state index is -0.458. The Bertz CT molecular complexity index is 600. The molecule has 2 saturated heterocycles. The topological polar surface area (TPSA) is 51.2 Å². The quantitative estimate of drug-likeness (QED) is 0.782. The molecule has 0 aliphatic carbocycles. The van der Waals surface area contributed by atoms with Gasteiger partial charge in [0.05, 0.1) is 0 Å². The van der Waals surface area contributed by atoms with Gasteiger partial charge in [-0.2, -0.15) is 0 Å². The fourth-order valence-electron chi connectivity index (χ4n) is 3.66. The molecule has 0 radical (unpaired) electrons. The van der Waals surface area contributed by atoms with Crippen LogP contribution in [0.5, 0.6) is 5.75 Å². The van der Waals surface area contributed by atoms with E-state index in [0.29, 0.717) is 25.2 Å². The lowest BCUT2D eigenvalue weighted by atomic mass is 10.1. The largest absolute Gasteiger partial charge is 0.467 e. The Kier molecular flexibility index (Phi) is 5.08. The molecule has 2 unspecified atom stereocenters. The Balaban J connectivity index is 1.70. The van der Waals surface area contributed by atoms with Crippen molar-refractivity contribution < 1.29 is 19.0 Å². The highest BCUT2D eigenvalue weighted by Gasteiger charge is 2.42. The van der Waals surface area contributed by atoms with Gasteiger partial charge in [0.15, 0.2) is 6.79 Å². The molecule has 1 amide bonds. The van der Waals surface area contributed by atoms with E-state index in [9.17, 15) is 4.79 Å². The monoisotopic (exact) mass is 348 g/mol. The number of amides is 1. The standard InChI is InChI=1S/C19H28N2O4/c1-19(2,3)25-18(22)20-11-15-8-9-16(12-20)21(15)14-6-5-7-17(10-14)24-13-23-4/h5-7,10,15-16H,8-9,11-13H2,1-4H3. The Morgan fingerprint density at radius 1 is 1.20 bits per heavy atom. The molecular formula is C19H28N2O4. The van der Waals surface area contributed by atoms with Crippen LogP contribution in [0, 0.1) is 0 Å². The fourth-order valence-corrected chi connectivity index (χ4v) is 3.66. The lowest BCUT2D eigenvalue weighted by Crippen LogP contribution is -2.56. The molecule has 2 heterocycles. The predicted molar refractivity (Wildman–Crippen MR) is 96.0 cm³/mol. The number of likely N-dealkylation sites (tertiary alicyclic amines) is 1. The highest BCUT2D eigenvalue weighted by molar-refractivity contribution is 5.69. The summed E-state index contributed by atoms with van der Waals surface area (Å²) >= 11 is 0. The molecule has 0 saturated carbocycles. The predicted octanol–water partition coefficient (Wildman–Crippen LogP) is 3.26. The molecule has 6 heteroatoms. The van der Waals surface area contributed by atoms with E-state index in [-0.39, 0.29) is 12.9 Å². The normalized spacial score (nSPS) is 22.9. The minimum absolute atomic E-state index is 0.207. The zero-order chi connectivity index (χ0) is 18.0. The smallest absolute Gasteiger partial charge is 0.410 e. The molecule has 6 nitrogen and oxygen atoms in total. The molecule has 0 N–H and O–H groups in total. The summed E-state index contributed by atoms with van der Waals surface area (Å²) in [5.41, 5.74) is 0.685. The first-order valence-electron chi connectivity index (χ1n) is 8.85. The van der Waals surface area contributed by atoms with E-state index in [2.05, 4.69) is 11.0 Å². The number of nitrogens with zero attached hydrogens (tertiary/aromatic N) is 2. The summed E-state index contributed by atoms with van der Waals surface area (Å²) in [6, 6.07) is 8.73. The summed E-state index contributed by atoms with van der Waals surface area (Å²) in [5.74, 6) is 0.799. The summed E-state index contributed by atoms with van der Waals surface area (Å²) in [7, 11) is 1.61. The Labute approximate surface area is 149 Å². The number of hydrogen-bond donors (Lipinski definition) is 0. The minimum Gasteiger partial charge on any atom is -0.467 e. The van der Waals surface area contributed by atoms with Gasteiger partial charge in [0.25, 0.3) is 0 Å². The Hall–Kier alpha value is -1.95. The van der Waals surface area contributed by atoms with Crippen LogP contribution in [0.4, 0.5) is 10.5 Å². The summed E-state index contributed by atoms with van der Waals surface area (Å²) in [6.07, 6.45) is 1.97. The summed E-state index contributed by atoms with van der Waals surface area (Å²) in [6.45, 7) is 7.36. The van der Waals surface area contributed by atoms with Gasteiger partial charge in [-0.25, -0.2) is 4.79 Å². The van der Waals surface area contributed by atoms with Crippen molar-refractivity contribution in [1.82, 2.24) is 4.90 Å². The van der Waals surface area contributed by atoms with E-state index >= 15 is 0 Å². The number of carbonyl (C=O) groups is 1. The van der Waals surface area contributed by atoms with Crippen LogP contribution < -0.4 is 9.64 Å². The maximum atomic E-state index is 12.4. The molecule has 2 bridgehead atoms. The van der Waals surface area contributed by atoms with Crippen molar-refractivity contribution in [1.29, 1.82) is 0 Å². The third-order valence-corrected chi connectivity index (χ3v) is 4.59. The second-order valence-corrected chi connectivity index (χ2v) is 7.73. The molecule has 0 aromatic heterocycles. The molecular weight excluding hydrogens is 320 g/mol. The molecule has 25 heavy (non-hydrogen) atoms. The van der Waals surface area contributed by atoms with E-state index in [4.69, 9.17) is 14.2 Å². The average molecular weight is 348 g/mol. The van der Waals surface area contributed by atoms with Gasteiger partial charge in [0, 0.05) is 44.0 Å². The highest BCUT2D eigenvalue weighted by Crippen LogP contribution is 2.36. The van der Waals surface area contributed by atoms with Crippen molar-refractivity contribution in [2.24, 2.45) is 0 Å². The van der Waals surface area contributed by atoms with Crippen molar-refractivity contribution >= 4 is 11.8 Å². The van der Waals surface area contributed by atoms with Crippen LogP contribution in [0.2, 0.25) is 0 Å².